The van der Waals surface area contributed by atoms with Gasteiger partial charge in [-0.1, -0.05) is 23.2 Å². The molecule has 1 heterocycles. The summed E-state index contributed by atoms with van der Waals surface area (Å²) < 4.78 is 0. The normalized spacial score (nSPS) is 19.4. The fourth-order valence-electron chi connectivity index (χ4n) is 2.27. The molecule has 0 radical (unpaired) electrons. The number of benzene rings is 1. The van der Waals surface area contributed by atoms with E-state index in [2.05, 4.69) is 10.2 Å². The summed E-state index contributed by atoms with van der Waals surface area (Å²) in [5.74, 6) is -2.63. The molecule has 0 bridgehead atoms. The van der Waals surface area contributed by atoms with Gasteiger partial charge in [-0.25, -0.2) is 0 Å². The zero-order chi connectivity index (χ0) is 15.6. The Kier molecular flexibility index (Phi) is 4.96. The van der Waals surface area contributed by atoms with Crippen LogP contribution in [0.3, 0.4) is 0 Å². The summed E-state index contributed by atoms with van der Waals surface area (Å²) in [5, 5.41) is 12.7. The fourth-order valence-corrected chi connectivity index (χ4v) is 2.80. The molecule has 0 spiro atoms. The number of halogens is 2. The topological polar surface area (TPSA) is 69.6 Å². The van der Waals surface area contributed by atoms with Crippen LogP contribution in [0, 0.1) is 5.92 Å². The number of nitrogens with one attached hydrogen (secondary N) is 1. The number of hydrogen-bond donors (Lipinski definition) is 2. The van der Waals surface area contributed by atoms with Crippen molar-refractivity contribution in [3.8, 4) is 0 Å². The summed E-state index contributed by atoms with van der Waals surface area (Å²) in [4.78, 5) is 24.6. The number of carboxylic acid groups (broad SMARTS) is 1. The highest BCUT2D eigenvalue weighted by molar-refractivity contribution is 6.36. The van der Waals surface area contributed by atoms with Gasteiger partial charge in [0.15, 0.2) is 0 Å². The standard InChI is InChI=1S/C14H16Cl2N2O3/c1-8(14(20)21)13(19)17-10-4-5-18(7-10)12-3-2-9(15)6-11(12)16/h2-3,6,8,10H,4-5,7H2,1H3,(H,17,19)(H,20,21). The summed E-state index contributed by atoms with van der Waals surface area (Å²) in [6.07, 6.45) is 0.747. The number of amides is 1. The first-order chi connectivity index (χ1) is 9.88. The van der Waals surface area contributed by atoms with Gasteiger partial charge in [0.25, 0.3) is 0 Å². The maximum atomic E-state index is 11.7. The van der Waals surface area contributed by atoms with Crippen LogP contribution in [0.25, 0.3) is 0 Å². The molecule has 1 aromatic rings. The van der Waals surface area contributed by atoms with E-state index in [1.54, 1.807) is 12.1 Å². The van der Waals surface area contributed by atoms with Gasteiger partial charge in [0, 0.05) is 24.2 Å². The van der Waals surface area contributed by atoms with Crippen molar-refractivity contribution >= 4 is 40.8 Å². The summed E-state index contributed by atoms with van der Waals surface area (Å²) in [5.41, 5.74) is 0.865. The summed E-state index contributed by atoms with van der Waals surface area (Å²) in [6.45, 7) is 2.72. The van der Waals surface area contributed by atoms with Gasteiger partial charge in [0.05, 0.1) is 10.7 Å². The van der Waals surface area contributed by atoms with Gasteiger partial charge in [-0.3, -0.25) is 9.59 Å². The Labute approximate surface area is 132 Å². The number of rotatable bonds is 4. The monoisotopic (exact) mass is 330 g/mol. The first-order valence-corrected chi connectivity index (χ1v) is 7.37. The first kappa shape index (κ1) is 15.9. The van der Waals surface area contributed by atoms with Crippen molar-refractivity contribution in [3.63, 3.8) is 0 Å². The second kappa shape index (κ2) is 6.54. The first-order valence-electron chi connectivity index (χ1n) is 6.61. The molecule has 7 heteroatoms. The van der Waals surface area contributed by atoms with Crippen LogP contribution in [0.15, 0.2) is 18.2 Å². The summed E-state index contributed by atoms with van der Waals surface area (Å²) in [7, 11) is 0. The third-order valence-electron chi connectivity index (χ3n) is 3.55. The minimum absolute atomic E-state index is 0.0777. The average Bonchev–Trinajstić information content (AvgIpc) is 2.85. The summed E-state index contributed by atoms with van der Waals surface area (Å²) >= 11 is 12.0. The highest BCUT2D eigenvalue weighted by Crippen LogP contribution is 2.31. The molecule has 2 unspecified atom stereocenters. The Morgan fingerprint density at radius 1 is 1.43 bits per heavy atom. The lowest BCUT2D eigenvalue weighted by Gasteiger charge is -2.20. The van der Waals surface area contributed by atoms with E-state index in [1.165, 1.54) is 6.92 Å². The van der Waals surface area contributed by atoms with Crippen LogP contribution in [0.1, 0.15) is 13.3 Å². The quantitative estimate of drug-likeness (QED) is 0.832. The molecule has 1 aliphatic heterocycles. The molecule has 2 N–H and O–H groups in total. The molecule has 1 amide bonds. The maximum absolute atomic E-state index is 11.7. The predicted molar refractivity (Wildman–Crippen MR) is 82.0 cm³/mol. The van der Waals surface area contributed by atoms with E-state index >= 15 is 0 Å². The van der Waals surface area contributed by atoms with Gasteiger partial charge in [0.2, 0.25) is 5.91 Å². The number of aliphatic carboxylic acids is 1. The molecule has 1 aromatic carbocycles. The molecule has 21 heavy (non-hydrogen) atoms. The van der Waals surface area contributed by atoms with Crippen LogP contribution in [0.2, 0.25) is 10.0 Å². The number of anilines is 1. The Balaban J connectivity index is 1.97. The third-order valence-corrected chi connectivity index (χ3v) is 4.09. The number of nitrogens with zero attached hydrogens (tertiary/aromatic N) is 1. The van der Waals surface area contributed by atoms with Crippen molar-refractivity contribution in [2.45, 2.75) is 19.4 Å². The van der Waals surface area contributed by atoms with Gasteiger partial charge < -0.3 is 15.3 Å². The zero-order valence-electron chi connectivity index (χ0n) is 11.5. The molecule has 0 saturated carbocycles. The van der Waals surface area contributed by atoms with Crippen LogP contribution in [0.4, 0.5) is 5.69 Å². The van der Waals surface area contributed by atoms with Crippen molar-refractivity contribution in [3.05, 3.63) is 28.2 Å². The van der Waals surface area contributed by atoms with E-state index in [4.69, 9.17) is 28.3 Å². The van der Waals surface area contributed by atoms with Crippen molar-refractivity contribution in [1.82, 2.24) is 5.32 Å². The molecule has 2 atom stereocenters. The van der Waals surface area contributed by atoms with E-state index in [1.807, 2.05) is 6.07 Å². The van der Waals surface area contributed by atoms with E-state index < -0.39 is 17.8 Å². The second-order valence-electron chi connectivity index (χ2n) is 5.10. The van der Waals surface area contributed by atoms with Crippen molar-refractivity contribution in [2.24, 2.45) is 5.92 Å². The van der Waals surface area contributed by atoms with Crippen LogP contribution < -0.4 is 10.2 Å². The van der Waals surface area contributed by atoms with Crippen LogP contribution in [0.5, 0.6) is 0 Å². The lowest BCUT2D eigenvalue weighted by molar-refractivity contribution is -0.146. The lowest BCUT2D eigenvalue weighted by atomic mass is 10.1. The zero-order valence-corrected chi connectivity index (χ0v) is 13.0. The molecular formula is C14H16Cl2N2O3. The largest absolute Gasteiger partial charge is 0.481 e. The SMILES string of the molecule is CC(C(=O)O)C(=O)NC1CCN(c2ccc(Cl)cc2Cl)C1. The molecule has 1 aliphatic rings. The van der Waals surface area contributed by atoms with E-state index in [-0.39, 0.29) is 6.04 Å². The minimum Gasteiger partial charge on any atom is -0.481 e. The highest BCUT2D eigenvalue weighted by atomic mass is 35.5. The molecule has 1 saturated heterocycles. The van der Waals surface area contributed by atoms with Gasteiger partial charge in [0.1, 0.15) is 5.92 Å². The lowest BCUT2D eigenvalue weighted by Crippen LogP contribution is -2.41. The van der Waals surface area contributed by atoms with E-state index in [0.29, 0.717) is 16.6 Å². The smallest absolute Gasteiger partial charge is 0.315 e. The Hall–Kier alpha value is -1.46. The predicted octanol–water partition coefficient (Wildman–Crippen LogP) is 2.41. The van der Waals surface area contributed by atoms with Crippen molar-refractivity contribution in [2.75, 3.05) is 18.0 Å². The number of carboxylic acids is 1. The molecule has 1 fully saturated rings. The summed E-state index contributed by atoms with van der Waals surface area (Å²) in [6, 6.07) is 5.21. The number of hydrogen-bond acceptors (Lipinski definition) is 3. The molecule has 0 aromatic heterocycles. The highest BCUT2D eigenvalue weighted by Gasteiger charge is 2.28. The average molecular weight is 331 g/mol. The van der Waals surface area contributed by atoms with Crippen LogP contribution >= 0.6 is 23.2 Å². The van der Waals surface area contributed by atoms with Crippen molar-refractivity contribution in [1.29, 1.82) is 0 Å². The Morgan fingerprint density at radius 2 is 2.14 bits per heavy atom. The molecule has 0 aliphatic carbocycles. The van der Waals surface area contributed by atoms with E-state index in [0.717, 1.165) is 18.7 Å². The van der Waals surface area contributed by atoms with Crippen LogP contribution in [-0.4, -0.2) is 36.1 Å². The maximum Gasteiger partial charge on any atom is 0.315 e. The van der Waals surface area contributed by atoms with Crippen LogP contribution in [-0.2, 0) is 9.59 Å². The third kappa shape index (κ3) is 3.80. The second-order valence-corrected chi connectivity index (χ2v) is 5.94. The Bertz CT molecular complexity index is 565. The fraction of sp³-hybridized carbons (Fsp3) is 0.429. The number of carbonyl (C=O) groups excluding carboxylic acids is 1. The minimum atomic E-state index is -1.12. The van der Waals surface area contributed by atoms with Crippen molar-refractivity contribution < 1.29 is 14.7 Å². The molecule has 2 rings (SSSR count). The van der Waals surface area contributed by atoms with Gasteiger partial charge in [-0.05, 0) is 31.5 Å². The van der Waals surface area contributed by atoms with Gasteiger partial charge >= 0.3 is 5.97 Å². The molecule has 5 nitrogen and oxygen atoms in total. The Morgan fingerprint density at radius 3 is 2.76 bits per heavy atom. The van der Waals surface area contributed by atoms with Gasteiger partial charge in [-0.2, -0.15) is 0 Å². The van der Waals surface area contributed by atoms with Gasteiger partial charge in [-0.15, -0.1) is 0 Å². The molecular weight excluding hydrogens is 315 g/mol. The van der Waals surface area contributed by atoms with E-state index in [9.17, 15) is 9.59 Å². The number of carbonyl (C=O) groups is 2. The molecule has 114 valence electrons.